The normalized spacial score (nSPS) is 22.0. The van der Waals surface area contributed by atoms with Gasteiger partial charge < -0.3 is 5.32 Å². The summed E-state index contributed by atoms with van der Waals surface area (Å²) >= 11 is 0. The molecule has 86 valence electrons. The molecule has 15 heavy (non-hydrogen) atoms. The first-order valence-corrected chi connectivity index (χ1v) is 5.11. The van der Waals surface area contributed by atoms with Crippen molar-refractivity contribution in [3.8, 4) is 0 Å². The van der Waals surface area contributed by atoms with Crippen LogP contribution >= 0.6 is 0 Å². The third kappa shape index (κ3) is 2.68. The second kappa shape index (κ2) is 4.18. The molecule has 5 heteroatoms. The van der Waals surface area contributed by atoms with Crippen LogP contribution in [0.5, 0.6) is 0 Å². The molecule has 1 N–H and O–H groups in total. The summed E-state index contributed by atoms with van der Waals surface area (Å²) in [5.41, 5.74) is -0.486. The van der Waals surface area contributed by atoms with E-state index in [0.29, 0.717) is 6.54 Å². The third-order valence-corrected chi connectivity index (χ3v) is 2.21. The standard InChI is InChI=1S/C10H18N2O3/c1-5-12-8(13)7(6-15-12)11-9(14)10(2,3)4/h7H,5-6H2,1-4H3,(H,11,14)/t7-/m1/s1. The van der Waals surface area contributed by atoms with Gasteiger partial charge in [0.05, 0.1) is 0 Å². The van der Waals surface area contributed by atoms with Crippen molar-refractivity contribution in [2.45, 2.75) is 33.7 Å². The van der Waals surface area contributed by atoms with Crippen molar-refractivity contribution in [2.75, 3.05) is 13.2 Å². The van der Waals surface area contributed by atoms with E-state index < -0.39 is 11.5 Å². The van der Waals surface area contributed by atoms with Gasteiger partial charge in [0.25, 0.3) is 5.91 Å². The van der Waals surface area contributed by atoms with Gasteiger partial charge in [0, 0.05) is 12.0 Å². The number of amides is 2. The van der Waals surface area contributed by atoms with Crippen LogP contribution in [0, 0.1) is 5.41 Å². The molecule has 0 aromatic rings. The molecule has 0 unspecified atom stereocenters. The monoisotopic (exact) mass is 214 g/mol. The second-order valence-corrected chi connectivity index (χ2v) is 4.60. The molecule has 1 aliphatic heterocycles. The lowest BCUT2D eigenvalue weighted by molar-refractivity contribution is -0.160. The number of carbonyl (C=O) groups is 2. The first kappa shape index (κ1) is 12.0. The Morgan fingerprint density at radius 1 is 1.60 bits per heavy atom. The summed E-state index contributed by atoms with van der Waals surface area (Å²) in [4.78, 5) is 28.3. The number of nitrogens with one attached hydrogen (secondary N) is 1. The van der Waals surface area contributed by atoms with Gasteiger partial charge in [-0.1, -0.05) is 20.8 Å². The number of carbonyl (C=O) groups excluding carboxylic acids is 2. The summed E-state index contributed by atoms with van der Waals surface area (Å²) in [7, 11) is 0. The van der Waals surface area contributed by atoms with Gasteiger partial charge in [-0.25, -0.2) is 5.06 Å². The van der Waals surface area contributed by atoms with E-state index in [2.05, 4.69) is 5.32 Å². The van der Waals surface area contributed by atoms with Crippen LogP contribution < -0.4 is 5.32 Å². The van der Waals surface area contributed by atoms with Crippen LogP contribution in [0.15, 0.2) is 0 Å². The van der Waals surface area contributed by atoms with Gasteiger partial charge in [0.2, 0.25) is 5.91 Å². The maximum Gasteiger partial charge on any atom is 0.271 e. The summed E-state index contributed by atoms with van der Waals surface area (Å²) in [5, 5.41) is 3.95. The number of hydrogen-bond acceptors (Lipinski definition) is 3. The summed E-state index contributed by atoms with van der Waals surface area (Å²) in [6, 6.07) is -0.531. The Morgan fingerprint density at radius 2 is 2.20 bits per heavy atom. The average molecular weight is 214 g/mol. The van der Waals surface area contributed by atoms with E-state index in [4.69, 9.17) is 4.84 Å². The van der Waals surface area contributed by atoms with Gasteiger partial charge in [-0.05, 0) is 6.92 Å². The highest BCUT2D eigenvalue weighted by Gasteiger charge is 2.35. The van der Waals surface area contributed by atoms with Gasteiger partial charge in [0.15, 0.2) is 0 Å². The predicted octanol–water partition coefficient (Wildman–Crippen LogP) is 0.311. The van der Waals surface area contributed by atoms with E-state index in [1.165, 1.54) is 5.06 Å². The minimum atomic E-state index is -0.531. The van der Waals surface area contributed by atoms with Gasteiger partial charge in [-0.2, -0.15) is 0 Å². The fourth-order valence-corrected chi connectivity index (χ4v) is 1.20. The first-order chi connectivity index (χ1) is 6.86. The van der Waals surface area contributed by atoms with Crippen molar-refractivity contribution in [1.82, 2.24) is 10.4 Å². The smallest absolute Gasteiger partial charge is 0.271 e. The quantitative estimate of drug-likeness (QED) is 0.719. The van der Waals surface area contributed by atoms with Gasteiger partial charge in [-0.15, -0.1) is 0 Å². The highest BCUT2D eigenvalue weighted by molar-refractivity contribution is 5.90. The Labute approximate surface area is 89.7 Å². The SMILES string of the molecule is CCN1OC[C@@H](NC(=O)C(C)(C)C)C1=O. The molecule has 1 fully saturated rings. The van der Waals surface area contributed by atoms with Crippen LogP contribution in [0.1, 0.15) is 27.7 Å². The highest BCUT2D eigenvalue weighted by Crippen LogP contribution is 2.15. The molecule has 0 radical (unpaired) electrons. The fourth-order valence-electron chi connectivity index (χ4n) is 1.20. The predicted molar refractivity (Wildman–Crippen MR) is 54.7 cm³/mol. The van der Waals surface area contributed by atoms with Crippen molar-refractivity contribution in [3.05, 3.63) is 0 Å². The maximum absolute atomic E-state index is 11.6. The molecule has 0 aromatic heterocycles. The van der Waals surface area contributed by atoms with Gasteiger partial charge in [-0.3, -0.25) is 14.4 Å². The Morgan fingerprint density at radius 3 is 2.60 bits per heavy atom. The highest BCUT2D eigenvalue weighted by atomic mass is 16.7. The molecule has 1 saturated heterocycles. The van der Waals surface area contributed by atoms with Crippen LogP contribution in [0.3, 0.4) is 0 Å². The topological polar surface area (TPSA) is 58.6 Å². The molecule has 0 aromatic carbocycles. The minimum absolute atomic E-state index is 0.137. The number of likely N-dealkylation sites (N-methyl/N-ethyl adjacent to an activating group) is 1. The zero-order chi connectivity index (χ0) is 11.6. The molecule has 0 saturated carbocycles. The lowest BCUT2D eigenvalue weighted by Crippen LogP contribution is -2.46. The van der Waals surface area contributed by atoms with Gasteiger partial charge >= 0.3 is 0 Å². The fraction of sp³-hybridized carbons (Fsp3) is 0.800. The second-order valence-electron chi connectivity index (χ2n) is 4.60. The van der Waals surface area contributed by atoms with E-state index in [1.807, 2.05) is 6.92 Å². The van der Waals surface area contributed by atoms with Crippen molar-refractivity contribution < 1.29 is 14.4 Å². The van der Waals surface area contributed by atoms with Crippen LogP contribution in [0.25, 0.3) is 0 Å². The molecule has 2 amide bonds. The van der Waals surface area contributed by atoms with Crippen molar-refractivity contribution in [1.29, 1.82) is 0 Å². The van der Waals surface area contributed by atoms with E-state index >= 15 is 0 Å². The molecule has 0 spiro atoms. The zero-order valence-electron chi connectivity index (χ0n) is 9.66. The van der Waals surface area contributed by atoms with Gasteiger partial charge in [0.1, 0.15) is 12.6 Å². The Kier molecular flexibility index (Phi) is 3.34. The molecule has 0 bridgehead atoms. The third-order valence-electron chi connectivity index (χ3n) is 2.21. The lowest BCUT2D eigenvalue weighted by atomic mass is 9.95. The number of rotatable bonds is 2. The number of nitrogens with zero attached hydrogens (tertiary/aromatic N) is 1. The number of hydroxylamine groups is 2. The van der Waals surface area contributed by atoms with Crippen LogP contribution in [-0.4, -0.2) is 36.1 Å². The average Bonchev–Trinajstić information content (AvgIpc) is 2.46. The molecule has 1 atom stereocenters. The molecule has 1 heterocycles. The molecular weight excluding hydrogens is 196 g/mol. The van der Waals surface area contributed by atoms with Crippen LogP contribution in [0.2, 0.25) is 0 Å². The van der Waals surface area contributed by atoms with Crippen LogP contribution in [-0.2, 0) is 14.4 Å². The minimum Gasteiger partial charge on any atom is -0.342 e. The Balaban J connectivity index is 2.55. The summed E-state index contributed by atoms with van der Waals surface area (Å²) in [5.74, 6) is -0.308. The summed E-state index contributed by atoms with van der Waals surface area (Å²) in [6.07, 6.45) is 0. The van der Waals surface area contributed by atoms with Crippen molar-refractivity contribution >= 4 is 11.8 Å². The zero-order valence-corrected chi connectivity index (χ0v) is 9.66. The summed E-state index contributed by atoms with van der Waals surface area (Å²) < 4.78 is 0. The van der Waals surface area contributed by atoms with Crippen molar-refractivity contribution in [3.63, 3.8) is 0 Å². The molecular formula is C10H18N2O3. The Bertz CT molecular complexity index is 270. The summed E-state index contributed by atoms with van der Waals surface area (Å²) in [6.45, 7) is 7.97. The van der Waals surface area contributed by atoms with Crippen molar-refractivity contribution in [2.24, 2.45) is 5.41 Å². The Hall–Kier alpha value is -1.10. The number of hydrogen-bond donors (Lipinski definition) is 1. The molecule has 5 nitrogen and oxygen atoms in total. The van der Waals surface area contributed by atoms with E-state index in [1.54, 1.807) is 20.8 Å². The molecule has 0 aliphatic carbocycles. The largest absolute Gasteiger partial charge is 0.342 e. The molecule has 1 rings (SSSR count). The van der Waals surface area contributed by atoms with E-state index in [0.717, 1.165) is 0 Å². The van der Waals surface area contributed by atoms with Crippen LogP contribution in [0.4, 0.5) is 0 Å². The molecule has 1 aliphatic rings. The van der Waals surface area contributed by atoms with E-state index in [9.17, 15) is 9.59 Å². The maximum atomic E-state index is 11.6. The lowest BCUT2D eigenvalue weighted by Gasteiger charge is -2.19. The van der Waals surface area contributed by atoms with E-state index in [-0.39, 0.29) is 18.4 Å². The first-order valence-electron chi connectivity index (χ1n) is 5.11.